The van der Waals surface area contributed by atoms with Crippen LogP contribution in [0.15, 0.2) is 49.1 Å². The summed E-state index contributed by atoms with van der Waals surface area (Å²) in [4.78, 5) is 17.8. The number of aromatic nitrogens is 6. The summed E-state index contributed by atoms with van der Waals surface area (Å²) in [7, 11) is 0. The van der Waals surface area contributed by atoms with Crippen molar-refractivity contribution in [3.8, 4) is 11.5 Å². The van der Waals surface area contributed by atoms with Crippen molar-refractivity contribution >= 4 is 23.2 Å². The lowest BCUT2D eigenvalue weighted by Gasteiger charge is -2.14. The molecule has 1 aromatic carbocycles. The Morgan fingerprint density at radius 1 is 1.09 bits per heavy atom. The Bertz CT molecular complexity index is 1300. The van der Waals surface area contributed by atoms with E-state index in [-0.39, 0.29) is 27.8 Å². The number of anilines is 1. The third kappa shape index (κ3) is 4.04. The molecule has 0 unspecified atom stereocenters. The Morgan fingerprint density at radius 2 is 1.81 bits per heavy atom. The molecule has 1 amide bonds. The zero-order valence-electron chi connectivity index (χ0n) is 16.1. The molecule has 3 heterocycles. The van der Waals surface area contributed by atoms with Gasteiger partial charge in [-0.05, 0) is 36.8 Å². The minimum Gasteiger partial charge on any atom is -0.320 e. The lowest BCUT2D eigenvalue weighted by Crippen LogP contribution is -2.21. The third-order valence-electron chi connectivity index (χ3n) is 4.36. The lowest BCUT2D eigenvalue weighted by atomic mass is 10.1. The average Bonchev–Trinajstić information content (AvgIpc) is 3.38. The number of hydrogen-bond acceptors (Lipinski definition) is 5. The highest BCUT2D eigenvalue weighted by atomic mass is 35.5. The topological polar surface area (TPSA) is 90.5 Å². The smallest absolute Gasteiger partial charge is 0.320 e. The zero-order chi connectivity index (χ0) is 23.0. The number of pyridine rings is 1. The molecule has 0 radical (unpaired) electrons. The third-order valence-corrected chi connectivity index (χ3v) is 4.64. The number of hydrogen-bond donors (Lipinski definition) is 1. The predicted molar refractivity (Wildman–Crippen MR) is 105 cm³/mol. The molecule has 4 aromatic rings. The molecule has 164 valence electrons. The standard InChI is InChI=1S/C19H12ClF4N7O/c1-10-6-11(21)2-3-15(10)30-16(19(22,23)24)13(9-28-30)18(32)29-12-7-14(20)17(25-8-12)31-26-4-5-27-31/h2-9H,1H3,(H,29,32). The van der Waals surface area contributed by atoms with Crippen LogP contribution in [0, 0.1) is 12.7 Å². The molecule has 13 heteroatoms. The van der Waals surface area contributed by atoms with Crippen LogP contribution in [-0.2, 0) is 6.18 Å². The van der Waals surface area contributed by atoms with E-state index in [0.29, 0.717) is 4.68 Å². The Morgan fingerprint density at radius 3 is 2.44 bits per heavy atom. The Labute approximate surface area is 182 Å². The monoisotopic (exact) mass is 465 g/mol. The minimum absolute atomic E-state index is 0.0152. The van der Waals surface area contributed by atoms with E-state index >= 15 is 0 Å². The van der Waals surface area contributed by atoms with Gasteiger partial charge in [-0.2, -0.15) is 28.5 Å². The van der Waals surface area contributed by atoms with Gasteiger partial charge in [-0.25, -0.2) is 14.1 Å². The van der Waals surface area contributed by atoms with Gasteiger partial charge in [0.15, 0.2) is 11.5 Å². The Balaban J connectivity index is 1.69. The molecule has 0 saturated carbocycles. The van der Waals surface area contributed by atoms with Gasteiger partial charge in [0.05, 0.1) is 46.7 Å². The van der Waals surface area contributed by atoms with E-state index in [1.54, 1.807) is 0 Å². The second-order valence-corrected chi connectivity index (χ2v) is 6.96. The number of amides is 1. The predicted octanol–water partition coefficient (Wildman–Crippen LogP) is 4.22. The molecular weight excluding hydrogens is 454 g/mol. The highest BCUT2D eigenvalue weighted by molar-refractivity contribution is 6.32. The van der Waals surface area contributed by atoms with Crippen LogP contribution in [0.5, 0.6) is 0 Å². The number of alkyl halides is 3. The number of rotatable bonds is 4. The first kappa shape index (κ1) is 21.4. The number of carbonyl (C=O) groups is 1. The van der Waals surface area contributed by atoms with Crippen LogP contribution in [0.4, 0.5) is 23.2 Å². The lowest BCUT2D eigenvalue weighted by molar-refractivity contribution is -0.143. The Hall–Kier alpha value is -3.80. The largest absolute Gasteiger partial charge is 0.434 e. The highest BCUT2D eigenvalue weighted by Gasteiger charge is 2.41. The first-order valence-corrected chi connectivity index (χ1v) is 9.28. The fourth-order valence-electron chi connectivity index (χ4n) is 3.00. The fourth-order valence-corrected chi connectivity index (χ4v) is 3.24. The fraction of sp³-hybridized carbons (Fsp3) is 0.105. The van der Waals surface area contributed by atoms with E-state index in [2.05, 4.69) is 25.6 Å². The number of nitrogens with one attached hydrogen (secondary N) is 1. The normalized spacial score (nSPS) is 11.6. The molecule has 4 rings (SSSR count). The molecule has 1 N–H and O–H groups in total. The molecule has 0 aliphatic heterocycles. The SMILES string of the molecule is Cc1cc(F)ccc1-n1ncc(C(=O)Nc2cnc(-n3nccn3)c(Cl)c2)c1C(F)(F)F. The number of aryl methyl sites for hydroxylation is 1. The molecule has 0 spiro atoms. The van der Waals surface area contributed by atoms with Crippen molar-refractivity contribution in [3.63, 3.8) is 0 Å². The maximum absolute atomic E-state index is 13.8. The van der Waals surface area contributed by atoms with Gasteiger partial charge >= 0.3 is 6.18 Å². The molecule has 0 bridgehead atoms. The van der Waals surface area contributed by atoms with Crippen molar-refractivity contribution in [2.75, 3.05) is 5.32 Å². The van der Waals surface area contributed by atoms with Crippen LogP contribution in [-0.4, -0.2) is 35.7 Å². The summed E-state index contributed by atoms with van der Waals surface area (Å²) in [6.45, 7) is 1.43. The van der Waals surface area contributed by atoms with Crippen molar-refractivity contribution in [1.29, 1.82) is 0 Å². The van der Waals surface area contributed by atoms with Gasteiger partial charge in [-0.15, -0.1) is 4.80 Å². The molecule has 0 atom stereocenters. The molecule has 0 aliphatic rings. The summed E-state index contributed by atoms with van der Waals surface area (Å²) in [5, 5.41) is 13.9. The summed E-state index contributed by atoms with van der Waals surface area (Å²) >= 11 is 6.13. The van der Waals surface area contributed by atoms with E-state index < -0.39 is 29.2 Å². The summed E-state index contributed by atoms with van der Waals surface area (Å²) < 4.78 is 55.5. The van der Waals surface area contributed by atoms with Crippen LogP contribution in [0.3, 0.4) is 0 Å². The number of nitrogens with zero attached hydrogens (tertiary/aromatic N) is 6. The number of halogens is 5. The maximum Gasteiger partial charge on any atom is 0.434 e. The van der Waals surface area contributed by atoms with Crippen molar-refractivity contribution in [2.24, 2.45) is 0 Å². The first-order chi connectivity index (χ1) is 15.1. The van der Waals surface area contributed by atoms with Crippen LogP contribution in [0.25, 0.3) is 11.5 Å². The van der Waals surface area contributed by atoms with E-state index in [1.807, 2.05) is 0 Å². The van der Waals surface area contributed by atoms with Crippen molar-refractivity contribution < 1.29 is 22.4 Å². The number of benzene rings is 1. The molecule has 0 fully saturated rings. The molecular formula is C19H12ClF4N7O. The molecule has 0 aliphatic carbocycles. The highest BCUT2D eigenvalue weighted by Crippen LogP contribution is 2.35. The van der Waals surface area contributed by atoms with Crippen LogP contribution >= 0.6 is 11.6 Å². The first-order valence-electron chi connectivity index (χ1n) is 8.90. The van der Waals surface area contributed by atoms with Gasteiger partial charge in [-0.3, -0.25) is 4.79 Å². The van der Waals surface area contributed by atoms with Crippen LogP contribution in [0.1, 0.15) is 21.6 Å². The summed E-state index contributed by atoms with van der Waals surface area (Å²) in [6, 6.07) is 4.53. The van der Waals surface area contributed by atoms with Crippen molar-refractivity contribution in [1.82, 2.24) is 29.8 Å². The summed E-state index contributed by atoms with van der Waals surface area (Å²) in [6.07, 6.45) is -0.114. The quantitative estimate of drug-likeness (QED) is 0.456. The van der Waals surface area contributed by atoms with Crippen molar-refractivity contribution in [2.45, 2.75) is 13.1 Å². The molecule has 0 saturated heterocycles. The van der Waals surface area contributed by atoms with Gasteiger partial charge in [0.1, 0.15) is 5.82 Å². The van der Waals surface area contributed by atoms with Crippen molar-refractivity contribution in [3.05, 3.63) is 76.7 Å². The van der Waals surface area contributed by atoms with Gasteiger partial charge in [0.25, 0.3) is 5.91 Å². The average molecular weight is 466 g/mol. The zero-order valence-corrected chi connectivity index (χ0v) is 16.9. The van der Waals surface area contributed by atoms with E-state index in [1.165, 1.54) is 31.6 Å². The van der Waals surface area contributed by atoms with Gasteiger partial charge in [0, 0.05) is 0 Å². The van der Waals surface area contributed by atoms with Gasteiger partial charge in [0.2, 0.25) is 0 Å². The molecule has 8 nitrogen and oxygen atoms in total. The van der Waals surface area contributed by atoms with Crippen LogP contribution in [0.2, 0.25) is 5.02 Å². The molecule has 32 heavy (non-hydrogen) atoms. The van der Waals surface area contributed by atoms with E-state index in [9.17, 15) is 22.4 Å². The summed E-state index contributed by atoms with van der Waals surface area (Å²) in [5.41, 5.74) is -1.78. The number of carbonyl (C=O) groups excluding carboxylic acids is 1. The summed E-state index contributed by atoms with van der Waals surface area (Å²) in [5.74, 6) is -1.51. The second kappa shape index (κ2) is 8.04. The minimum atomic E-state index is -4.92. The van der Waals surface area contributed by atoms with E-state index in [4.69, 9.17) is 11.6 Å². The van der Waals surface area contributed by atoms with Gasteiger partial charge in [-0.1, -0.05) is 11.6 Å². The van der Waals surface area contributed by atoms with E-state index in [0.717, 1.165) is 29.2 Å². The maximum atomic E-state index is 13.8. The van der Waals surface area contributed by atoms with Crippen LogP contribution < -0.4 is 5.32 Å². The van der Waals surface area contributed by atoms with Gasteiger partial charge < -0.3 is 5.32 Å². The Kier molecular flexibility index (Phi) is 5.38. The molecule has 3 aromatic heterocycles. The second-order valence-electron chi connectivity index (χ2n) is 6.55.